The Morgan fingerprint density at radius 2 is 2.05 bits per heavy atom. The highest BCUT2D eigenvalue weighted by Crippen LogP contribution is 2.42. The fourth-order valence-electron chi connectivity index (χ4n) is 2.02. The highest BCUT2D eigenvalue weighted by atomic mass is 29.3. The number of carbonyl (C=O) groups is 1. The molecule has 121 valence electrons. The molecule has 2 atom stereocenters. The van der Waals surface area contributed by atoms with Crippen molar-refractivity contribution in [3.05, 3.63) is 12.2 Å². The van der Waals surface area contributed by atoms with Gasteiger partial charge in [-0.3, -0.25) is 0 Å². The standard InChI is InChI=1S/C13H27O5Si3/c1-11(2)13(14)16-8-9-17-19(4)10-12-18-21(12,7)20(5,6)15-3/h12H,1,8-10H2,2-7H3. The van der Waals surface area contributed by atoms with Gasteiger partial charge in [0.1, 0.15) is 6.61 Å². The van der Waals surface area contributed by atoms with Crippen molar-refractivity contribution in [2.75, 3.05) is 20.3 Å². The molecule has 0 amide bonds. The molecule has 1 aliphatic heterocycles. The molecule has 0 bridgehead atoms. The summed E-state index contributed by atoms with van der Waals surface area (Å²) in [4.78, 5) is 11.2. The minimum Gasteiger partial charge on any atom is -0.460 e. The topological polar surface area (TPSA) is 57.3 Å². The first-order valence-corrected chi connectivity index (χ1v) is 15.7. The van der Waals surface area contributed by atoms with Crippen LogP contribution in [-0.2, 0) is 22.8 Å². The first kappa shape index (κ1) is 18.8. The SMILES string of the molecule is C=C(C)C(=O)OCCO[Si](C)CC1O[Si]1(C)[Si](C)(C)OC. The van der Waals surface area contributed by atoms with Gasteiger partial charge in [-0.25, -0.2) is 4.79 Å². The van der Waals surface area contributed by atoms with E-state index in [0.29, 0.717) is 17.9 Å². The van der Waals surface area contributed by atoms with Crippen molar-refractivity contribution >= 4 is 30.7 Å². The maximum atomic E-state index is 11.2. The van der Waals surface area contributed by atoms with E-state index in [0.717, 1.165) is 6.04 Å². The van der Waals surface area contributed by atoms with Crippen LogP contribution in [0.25, 0.3) is 0 Å². The Balaban J connectivity index is 2.23. The fourth-order valence-corrected chi connectivity index (χ4v) is 14.5. The van der Waals surface area contributed by atoms with E-state index in [4.69, 9.17) is 18.0 Å². The monoisotopic (exact) mass is 347 g/mol. The lowest BCUT2D eigenvalue weighted by Gasteiger charge is -2.23. The summed E-state index contributed by atoms with van der Waals surface area (Å²) >= 11 is 0. The quantitative estimate of drug-likeness (QED) is 0.210. The summed E-state index contributed by atoms with van der Waals surface area (Å²) in [6.07, 6.45) is 0. The fraction of sp³-hybridized carbons (Fsp3) is 0.769. The molecule has 0 spiro atoms. The summed E-state index contributed by atoms with van der Waals surface area (Å²) in [5.74, 6) is -0.359. The molecule has 1 heterocycles. The van der Waals surface area contributed by atoms with Gasteiger partial charge in [0.2, 0.25) is 24.7 Å². The third-order valence-corrected chi connectivity index (χ3v) is 20.8. The first-order chi connectivity index (χ1) is 9.64. The predicted octanol–water partition coefficient (Wildman–Crippen LogP) is 2.19. The van der Waals surface area contributed by atoms with E-state index >= 15 is 0 Å². The van der Waals surface area contributed by atoms with Crippen LogP contribution in [0.4, 0.5) is 0 Å². The van der Waals surface area contributed by atoms with Crippen molar-refractivity contribution < 1.29 is 22.8 Å². The number of hydrogen-bond acceptors (Lipinski definition) is 5. The van der Waals surface area contributed by atoms with E-state index in [-0.39, 0.29) is 12.6 Å². The van der Waals surface area contributed by atoms with E-state index in [9.17, 15) is 4.79 Å². The second-order valence-electron chi connectivity index (χ2n) is 6.10. The van der Waals surface area contributed by atoms with E-state index in [1.807, 2.05) is 0 Å². The van der Waals surface area contributed by atoms with Crippen molar-refractivity contribution in [1.82, 2.24) is 0 Å². The third-order valence-electron chi connectivity index (χ3n) is 4.14. The van der Waals surface area contributed by atoms with Gasteiger partial charge < -0.3 is 18.0 Å². The Morgan fingerprint density at radius 1 is 1.43 bits per heavy atom. The number of esters is 1. The first-order valence-electron chi connectivity index (χ1n) is 7.15. The zero-order valence-corrected chi connectivity index (χ0v) is 16.9. The smallest absolute Gasteiger partial charge is 0.333 e. The predicted molar refractivity (Wildman–Crippen MR) is 89.1 cm³/mol. The van der Waals surface area contributed by atoms with Crippen molar-refractivity contribution in [1.29, 1.82) is 0 Å². The maximum Gasteiger partial charge on any atom is 0.333 e. The molecule has 0 aliphatic carbocycles. The normalized spacial score (nSPS) is 25.0. The molecule has 21 heavy (non-hydrogen) atoms. The van der Waals surface area contributed by atoms with Gasteiger partial charge in [0.25, 0.3) is 0 Å². The Hall–Kier alpha value is -0.259. The third kappa shape index (κ3) is 4.86. The van der Waals surface area contributed by atoms with Crippen LogP contribution in [-0.4, -0.2) is 56.7 Å². The average Bonchev–Trinajstić information content (AvgIpc) is 3.06. The van der Waals surface area contributed by atoms with Gasteiger partial charge in [-0.15, -0.1) is 0 Å². The van der Waals surface area contributed by atoms with E-state index < -0.39 is 24.7 Å². The second kappa shape index (κ2) is 7.34. The van der Waals surface area contributed by atoms with Crippen LogP contribution in [0.2, 0.25) is 32.2 Å². The highest BCUT2D eigenvalue weighted by molar-refractivity contribution is 7.40. The van der Waals surface area contributed by atoms with Gasteiger partial charge in [0, 0.05) is 12.7 Å². The lowest BCUT2D eigenvalue weighted by Crippen LogP contribution is -2.51. The molecule has 1 aliphatic rings. The summed E-state index contributed by atoms with van der Waals surface area (Å²) in [6, 6.07) is 0.988. The summed E-state index contributed by atoms with van der Waals surface area (Å²) in [7, 11) is -2.43. The zero-order valence-electron chi connectivity index (χ0n) is 13.9. The van der Waals surface area contributed by atoms with Crippen LogP contribution in [0, 0.1) is 0 Å². The van der Waals surface area contributed by atoms with Crippen LogP contribution in [0.15, 0.2) is 12.2 Å². The molecule has 8 heteroatoms. The summed E-state index contributed by atoms with van der Waals surface area (Å²) in [6.45, 7) is 14.8. The van der Waals surface area contributed by atoms with Gasteiger partial charge in [-0.05, 0) is 39.2 Å². The molecule has 0 saturated carbocycles. The van der Waals surface area contributed by atoms with E-state index in [2.05, 4.69) is 32.8 Å². The number of ether oxygens (including phenoxy) is 1. The minimum absolute atomic E-state index is 0.284. The van der Waals surface area contributed by atoms with E-state index in [1.54, 1.807) is 14.0 Å². The Morgan fingerprint density at radius 3 is 2.57 bits per heavy atom. The molecule has 0 aromatic rings. The molecular weight excluding hydrogens is 320 g/mol. The molecule has 0 N–H and O–H groups in total. The molecule has 0 aromatic carbocycles. The molecule has 2 unspecified atom stereocenters. The zero-order chi connectivity index (χ0) is 16.3. The second-order valence-corrected chi connectivity index (χ2v) is 21.3. The van der Waals surface area contributed by atoms with Crippen LogP contribution in [0.3, 0.4) is 0 Å². The molecule has 1 saturated heterocycles. The largest absolute Gasteiger partial charge is 0.460 e. The van der Waals surface area contributed by atoms with Crippen LogP contribution in [0.5, 0.6) is 0 Å². The van der Waals surface area contributed by atoms with Crippen LogP contribution >= 0.6 is 0 Å². The van der Waals surface area contributed by atoms with Crippen LogP contribution in [0.1, 0.15) is 6.92 Å². The van der Waals surface area contributed by atoms with Gasteiger partial charge >= 0.3 is 5.97 Å². The van der Waals surface area contributed by atoms with Gasteiger partial charge in [0.05, 0.1) is 12.3 Å². The lowest BCUT2D eigenvalue weighted by molar-refractivity contribution is -0.139. The molecule has 5 nitrogen and oxygen atoms in total. The summed E-state index contributed by atoms with van der Waals surface area (Å²) in [5.41, 5.74) is 0.785. The van der Waals surface area contributed by atoms with E-state index in [1.165, 1.54) is 0 Å². The molecule has 0 aromatic heterocycles. The minimum atomic E-state index is -1.66. The van der Waals surface area contributed by atoms with Crippen molar-refractivity contribution in [3.63, 3.8) is 0 Å². The summed E-state index contributed by atoms with van der Waals surface area (Å²) < 4.78 is 22.5. The average molecular weight is 348 g/mol. The van der Waals surface area contributed by atoms with Gasteiger partial charge in [0.15, 0.2) is 0 Å². The Labute approximate surface area is 131 Å². The number of hydrogen-bond donors (Lipinski definition) is 0. The van der Waals surface area contributed by atoms with Gasteiger partial charge in [-0.2, -0.15) is 0 Å². The summed E-state index contributed by atoms with van der Waals surface area (Å²) in [5, 5.41) is 0. The lowest BCUT2D eigenvalue weighted by atomic mass is 10.4. The number of carbonyl (C=O) groups excluding carboxylic acids is 1. The van der Waals surface area contributed by atoms with Gasteiger partial charge in [-0.1, -0.05) is 6.58 Å². The van der Waals surface area contributed by atoms with Crippen molar-refractivity contribution in [3.8, 4) is 0 Å². The molecular formula is C13H27O5Si3. The molecule has 1 rings (SSSR count). The van der Waals surface area contributed by atoms with Crippen molar-refractivity contribution in [2.24, 2.45) is 0 Å². The van der Waals surface area contributed by atoms with Crippen LogP contribution < -0.4 is 0 Å². The Kier molecular flexibility index (Phi) is 6.56. The number of rotatable bonds is 9. The maximum absolute atomic E-state index is 11.2. The van der Waals surface area contributed by atoms with Crippen molar-refractivity contribution in [2.45, 2.75) is 44.9 Å². The molecule has 1 radical (unpaired) electrons. The Bertz CT molecular complexity index is 401. The highest BCUT2D eigenvalue weighted by Gasteiger charge is 2.66. The molecule has 1 fully saturated rings.